The van der Waals surface area contributed by atoms with Gasteiger partial charge in [-0.1, -0.05) is 13.8 Å². The summed E-state index contributed by atoms with van der Waals surface area (Å²) in [6.07, 6.45) is -2.81. The van der Waals surface area contributed by atoms with Crippen molar-refractivity contribution in [2.24, 2.45) is 5.92 Å². The van der Waals surface area contributed by atoms with Crippen LogP contribution in [-0.2, 0) is 9.47 Å². The third-order valence-corrected chi connectivity index (χ3v) is 2.95. The Labute approximate surface area is 101 Å². The van der Waals surface area contributed by atoms with E-state index in [1.54, 1.807) is 0 Å². The second-order valence-corrected chi connectivity index (χ2v) is 4.78. The molecule has 1 aliphatic rings. The fourth-order valence-corrected chi connectivity index (χ4v) is 1.77. The van der Waals surface area contributed by atoms with Crippen LogP contribution < -0.4 is 0 Å². The lowest BCUT2D eigenvalue weighted by Gasteiger charge is -2.30. The van der Waals surface area contributed by atoms with Gasteiger partial charge in [0.05, 0.1) is 13.2 Å². The van der Waals surface area contributed by atoms with Gasteiger partial charge in [0, 0.05) is 0 Å². The first-order chi connectivity index (χ1) is 7.96. The topological polar surface area (TPSA) is 99.4 Å². The third-order valence-electron chi connectivity index (χ3n) is 2.95. The minimum Gasteiger partial charge on any atom is -0.394 e. The van der Waals surface area contributed by atoms with Gasteiger partial charge in [-0.15, -0.1) is 0 Å². The second-order valence-electron chi connectivity index (χ2n) is 4.78. The highest BCUT2D eigenvalue weighted by Gasteiger charge is 2.54. The standard InChI is InChI=1S/C11H22O6/c1-7(2)3-4-16-11(6-13)10(15)9(14)8(5-12)17-11/h7-10,12-15H,3-6H2,1-2H3/t8-,9-,10+,11?/m1/s1. The molecule has 0 aromatic carbocycles. The van der Waals surface area contributed by atoms with E-state index in [0.717, 1.165) is 6.42 Å². The highest BCUT2D eigenvalue weighted by molar-refractivity contribution is 4.96. The molecule has 0 aliphatic carbocycles. The second kappa shape index (κ2) is 6.08. The number of hydrogen-bond acceptors (Lipinski definition) is 6. The summed E-state index contributed by atoms with van der Waals surface area (Å²) < 4.78 is 10.6. The summed E-state index contributed by atoms with van der Waals surface area (Å²) in [5, 5.41) is 37.7. The van der Waals surface area contributed by atoms with Gasteiger partial charge in [0.2, 0.25) is 5.79 Å². The zero-order valence-electron chi connectivity index (χ0n) is 10.2. The van der Waals surface area contributed by atoms with Crippen molar-refractivity contribution in [1.82, 2.24) is 0 Å². The minimum atomic E-state index is -1.62. The van der Waals surface area contributed by atoms with Gasteiger partial charge >= 0.3 is 0 Å². The van der Waals surface area contributed by atoms with Crippen molar-refractivity contribution in [2.45, 2.75) is 44.4 Å². The van der Waals surface area contributed by atoms with Crippen molar-refractivity contribution in [3.8, 4) is 0 Å². The molecule has 0 aromatic rings. The molecule has 1 unspecified atom stereocenters. The van der Waals surface area contributed by atoms with Crippen LogP contribution in [0.25, 0.3) is 0 Å². The van der Waals surface area contributed by atoms with Crippen LogP contribution >= 0.6 is 0 Å². The van der Waals surface area contributed by atoms with Gasteiger partial charge in [-0.25, -0.2) is 0 Å². The summed E-state index contributed by atoms with van der Waals surface area (Å²) >= 11 is 0. The number of rotatable bonds is 6. The Morgan fingerprint density at radius 3 is 2.35 bits per heavy atom. The van der Waals surface area contributed by atoms with Crippen LogP contribution in [0, 0.1) is 5.92 Å². The van der Waals surface area contributed by atoms with Crippen LogP contribution in [0.1, 0.15) is 20.3 Å². The zero-order valence-corrected chi connectivity index (χ0v) is 10.2. The van der Waals surface area contributed by atoms with E-state index in [-0.39, 0.29) is 0 Å². The molecule has 6 nitrogen and oxygen atoms in total. The highest BCUT2D eigenvalue weighted by atomic mass is 16.7. The lowest BCUT2D eigenvalue weighted by Crippen LogP contribution is -2.48. The predicted molar refractivity (Wildman–Crippen MR) is 59.2 cm³/mol. The van der Waals surface area contributed by atoms with Gasteiger partial charge in [-0.2, -0.15) is 0 Å². The number of aliphatic hydroxyl groups is 4. The van der Waals surface area contributed by atoms with Crippen LogP contribution in [-0.4, -0.2) is 64.3 Å². The maximum Gasteiger partial charge on any atom is 0.221 e. The molecule has 1 fully saturated rings. The Hall–Kier alpha value is -0.240. The van der Waals surface area contributed by atoms with Gasteiger partial charge in [0.25, 0.3) is 0 Å². The summed E-state index contributed by atoms with van der Waals surface area (Å²) in [5.74, 6) is -1.20. The normalized spacial score (nSPS) is 37.9. The smallest absolute Gasteiger partial charge is 0.221 e. The highest BCUT2D eigenvalue weighted by Crippen LogP contribution is 2.32. The largest absolute Gasteiger partial charge is 0.394 e. The maximum atomic E-state index is 9.80. The first-order valence-electron chi connectivity index (χ1n) is 5.86. The SMILES string of the molecule is CC(C)CCOC1(CO)O[C@H](CO)[C@@H](O)[C@@H]1O. The van der Waals surface area contributed by atoms with Crippen molar-refractivity contribution in [3.05, 3.63) is 0 Å². The molecule has 0 spiro atoms. The molecule has 4 N–H and O–H groups in total. The first kappa shape index (κ1) is 14.8. The van der Waals surface area contributed by atoms with Crippen LogP contribution in [0.4, 0.5) is 0 Å². The lowest BCUT2D eigenvalue weighted by molar-refractivity contribution is -0.276. The molecule has 1 aliphatic heterocycles. The molecule has 17 heavy (non-hydrogen) atoms. The van der Waals surface area contributed by atoms with E-state index in [4.69, 9.17) is 14.6 Å². The Morgan fingerprint density at radius 2 is 1.94 bits per heavy atom. The van der Waals surface area contributed by atoms with E-state index in [1.165, 1.54) is 0 Å². The van der Waals surface area contributed by atoms with Gasteiger partial charge < -0.3 is 29.9 Å². The number of ether oxygens (including phenoxy) is 2. The zero-order chi connectivity index (χ0) is 13.1. The summed E-state index contributed by atoms with van der Waals surface area (Å²) in [6.45, 7) is 3.34. The van der Waals surface area contributed by atoms with Crippen molar-refractivity contribution in [3.63, 3.8) is 0 Å². The Bertz CT molecular complexity index is 234. The maximum absolute atomic E-state index is 9.80. The van der Waals surface area contributed by atoms with Crippen LogP contribution in [0.5, 0.6) is 0 Å². The van der Waals surface area contributed by atoms with Crippen molar-refractivity contribution in [1.29, 1.82) is 0 Å². The molecular formula is C11H22O6. The molecular weight excluding hydrogens is 228 g/mol. The quantitative estimate of drug-likeness (QED) is 0.475. The van der Waals surface area contributed by atoms with Gasteiger partial charge in [0.1, 0.15) is 24.9 Å². The van der Waals surface area contributed by atoms with E-state index >= 15 is 0 Å². The Balaban J connectivity index is 2.62. The fourth-order valence-electron chi connectivity index (χ4n) is 1.77. The molecule has 0 radical (unpaired) electrons. The number of hydrogen-bond donors (Lipinski definition) is 4. The molecule has 1 saturated heterocycles. The Morgan fingerprint density at radius 1 is 1.29 bits per heavy atom. The van der Waals surface area contributed by atoms with Crippen LogP contribution in [0.2, 0.25) is 0 Å². The summed E-state index contributed by atoms with van der Waals surface area (Å²) in [7, 11) is 0. The Kier molecular flexibility index (Phi) is 5.30. The summed E-state index contributed by atoms with van der Waals surface area (Å²) in [5.41, 5.74) is 0. The number of aliphatic hydroxyl groups excluding tert-OH is 4. The van der Waals surface area contributed by atoms with Crippen LogP contribution in [0.3, 0.4) is 0 Å². The van der Waals surface area contributed by atoms with E-state index in [9.17, 15) is 15.3 Å². The molecule has 1 rings (SSSR count). The fraction of sp³-hybridized carbons (Fsp3) is 1.00. The van der Waals surface area contributed by atoms with Gasteiger partial charge in [-0.3, -0.25) is 0 Å². The minimum absolute atomic E-state index is 0.306. The van der Waals surface area contributed by atoms with Gasteiger partial charge in [0.15, 0.2) is 0 Å². The third kappa shape index (κ3) is 3.15. The van der Waals surface area contributed by atoms with Crippen molar-refractivity contribution in [2.75, 3.05) is 19.8 Å². The van der Waals surface area contributed by atoms with Crippen LogP contribution in [0.15, 0.2) is 0 Å². The molecule has 1 heterocycles. The molecule has 0 saturated carbocycles. The lowest BCUT2D eigenvalue weighted by atomic mass is 10.1. The average Bonchev–Trinajstić information content (AvgIpc) is 2.54. The molecule has 102 valence electrons. The van der Waals surface area contributed by atoms with E-state index in [2.05, 4.69) is 0 Å². The molecule has 0 amide bonds. The van der Waals surface area contributed by atoms with Crippen molar-refractivity contribution < 1.29 is 29.9 Å². The average molecular weight is 250 g/mol. The summed E-state index contributed by atoms with van der Waals surface area (Å²) in [6, 6.07) is 0. The van der Waals surface area contributed by atoms with E-state index < -0.39 is 37.3 Å². The molecule has 0 aromatic heterocycles. The molecule has 0 bridgehead atoms. The molecule has 4 atom stereocenters. The molecule has 6 heteroatoms. The van der Waals surface area contributed by atoms with E-state index in [0.29, 0.717) is 12.5 Å². The summed E-state index contributed by atoms with van der Waals surface area (Å²) in [4.78, 5) is 0. The predicted octanol–water partition coefficient (Wildman–Crippen LogP) is -1.15. The van der Waals surface area contributed by atoms with Gasteiger partial charge in [-0.05, 0) is 12.3 Å². The van der Waals surface area contributed by atoms with E-state index in [1.807, 2.05) is 13.8 Å². The monoisotopic (exact) mass is 250 g/mol. The first-order valence-corrected chi connectivity index (χ1v) is 5.86. The van der Waals surface area contributed by atoms with Crippen molar-refractivity contribution >= 4 is 0 Å².